The molecule has 0 spiro atoms. The molecule has 12 rings (SSSR count). The molecule has 1 aliphatic carbocycles. The van der Waals surface area contributed by atoms with Crippen molar-refractivity contribution in [1.82, 2.24) is 18.7 Å². The van der Waals surface area contributed by atoms with Crippen molar-refractivity contribution >= 4 is 32.8 Å². The minimum atomic E-state index is -0.418. The van der Waals surface area contributed by atoms with Crippen LogP contribution in [0.2, 0.25) is 0 Å². The number of hydrogen-bond donors (Lipinski definition) is 0. The van der Waals surface area contributed by atoms with E-state index in [2.05, 4.69) is 184 Å². The molecule has 1 atom stereocenters. The van der Waals surface area contributed by atoms with Gasteiger partial charge in [0.2, 0.25) is 0 Å². The van der Waals surface area contributed by atoms with Crippen molar-refractivity contribution in [3.8, 4) is 62.1 Å². The summed E-state index contributed by atoms with van der Waals surface area (Å²) < 4.78 is 57.4. The fourth-order valence-electron chi connectivity index (χ4n) is 10.6. The predicted molar refractivity (Wildman–Crippen MR) is 290 cm³/mol. The summed E-state index contributed by atoms with van der Waals surface area (Å²) in [4.78, 5) is 4.91. The van der Waals surface area contributed by atoms with Crippen LogP contribution in [0.5, 0.6) is 11.5 Å². The number of aromatic nitrogens is 4. The molecule has 0 fully saturated rings. The van der Waals surface area contributed by atoms with Crippen LogP contribution in [0.25, 0.3) is 83.4 Å². The number of benzene rings is 8. The van der Waals surface area contributed by atoms with Crippen molar-refractivity contribution in [2.45, 2.75) is 59.8 Å². The molecule has 3 aromatic heterocycles. The Morgan fingerprint density at radius 3 is 2.00 bits per heavy atom. The quantitative estimate of drug-likeness (QED) is 0.152. The first-order valence-corrected chi connectivity index (χ1v) is 25.5. The summed E-state index contributed by atoms with van der Waals surface area (Å²) in [5.41, 5.74) is 15.5. The fraction of sp³-hybridized carbons (Fsp3) is 0.169. The van der Waals surface area contributed by atoms with Crippen molar-refractivity contribution in [3.05, 3.63) is 221 Å². The average Bonchev–Trinajstić information content (AvgIpc) is 4.14. The molecule has 1 unspecified atom stereocenters. The van der Waals surface area contributed by atoms with Gasteiger partial charge in [-0.25, -0.2) is 0 Å². The van der Waals surface area contributed by atoms with Crippen molar-refractivity contribution in [2.24, 2.45) is 11.3 Å². The fourth-order valence-corrected chi connectivity index (χ4v) is 11.7. The van der Waals surface area contributed by atoms with E-state index in [1.54, 1.807) is 0 Å². The normalized spacial score (nSPS) is 14.9. The van der Waals surface area contributed by atoms with Gasteiger partial charge in [-0.3, -0.25) is 0 Å². The molecule has 5 nitrogen and oxygen atoms in total. The Hall–Kier alpha value is -7.33. The molecule has 0 amide bonds. The zero-order chi connectivity index (χ0) is 52.9. The van der Waals surface area contributed by atoms with Crippen molar-refractivity contribution < 1.29 is 30.9 Å². The second-order valence-electron chi connectivity index (χ2n) is 20.9. The third-order valence-corrected chi connectivity index (χ3v) is 15.4. The summed E-state index contributed by atoms with van der Waals surface area (Å²) in [6.45, 7) is 13.7. The molecule has 0 N–H and O–H groups in total. The van der Waals surface area contributed by atoms with E-state index in [1.807, 2.05) is 60.8 Å². The molecule has 0 radical (unpaired) electrons. The van der Waals surface area contributed by atoms with Gasteiger partial charge in [0.25, 0.3) is 0 Å². The summed E-state index contributed by atoms with van der Waals surface area (Å²) in [7, 11) is 0. The Balaban J connectivity index is 1.01. The van der Waals surface area contributed by atoms with Gasteiger partial charge < -0.3 is 0 Å². The Morgan fingerprint density at radius 2 is 1.27 bits per heavy atom. The van der Waals surface area contributed by atoms with Gasteiger partial charge in [-0.2, -0.15) is 0 Å². The third kappa shape index (κ3) is 8.01. The van der Waals surface area contributed by atoms with Gasteiger partial charge in [-0.1, -0.05) is 57.0 Å². The SMILES string of the molecule is [2H]c1c([2H])c([2H])c(-c2ccc3c(c2)c2ccc(Oc4cccc(-n5[c](=[Pt])n(-c6c(-c7ccccc7)cc7c(c6-c6ccccc6)CC(C(C)(C)C)C7)c6ccccc65)c4)cc2n3-c2cc(C(C)(C)C)ccn2)c([2H])c1[2H]. The van der Waals surface area contributed by atoms with Crippen LogP contribution in [0.4, 0.5) is 0 Å². The smallest absolute Gasteiger partial charge is 0.0617 e. The number of para-hydroxylation sites is 2. The van der Waals surface area contributed by atoms with Gasteiger partial charge in [0.05, 0.1) is 6.85 Å². The number of nitrogens with zero attached hydrogens (tertiary/aromatic N) is 4. The summed E-state index contributed by atoms with van der Waals surface area (Å²) in [5.74, 6) is 2.53. The van der Waals surface area contributed by atoms with E-state index in [0.717, 1.165) is 66.6 Å². The van der Waals surface area contributed by atoms with Gasteiger partial charge in [0.1, 0.15) is 0 Å². The van der Waals surface area contributed by atoms with Gasteiger partial charge >= 0.3 is 338 Å². The van der Waals surface area contributed by atoms with Gasteiger partial charge in [-0.15, -0.1) is 0 Å². The van der Waals surface area contributed by atoms with Crippen molar-refractivity contribution in [2.75, 3.05) is 0 Å². The van der Waals surface area contributed by atoms with Gasteiger partial charge in [0.15, 0.2) is 0 Å². The number of pyridine rings is 1. The van der Waals surface area contributed by atoms with Crippen LogP contribution >= 0.6 is 0 Å². The Kier molecular flexibility index (Phi) is 9.72. The summed E-state index contributed by atoms with van der Waals surface area (Å²) in [5, 5.41) is 1.75. The molecular formula is C65H56N4OPt. The summed E-state index contributed by atoms with van der Waals surface area (Å²) >= 11 is 2.52. The van der Waals surface area contributed by atoms with Crippen LogP contribution in [-0.2, 0) is 37.6 Å². The molecule has 0 bridgehead atoms. The second kappa shape index (κ2) is 17.5. The zero-order valence-corrected chi connectivity index (χ0v) is 42.9. The first kappa shape index (κ1) is 39.4. The predicted octanol–water partition coefficient (Wildman–Crippen LogP) is 16.8. The number of rotatable bonds is 8. The first-order valence-electron chi connectivity index (χ1n) is 26.8. The van der Waals surface area contributed by atoms with E-state index in [1.165, 1.54) is 39.1 Å². The number of hydrogen-bond acceptors (Lipinski definition) is 2. The molecule has 352 valence electrons. The Morgan fingerprint density at radius 1 is 0.563 bits per heavy atom. The van der Waals surface area contributed by atoms with E-state index in [-0.39, 0.29) is 40.6 Å². The topological polar surface area (TPSA) is 36.9 Å². The molecule has 3 heterocycles. The van der Waals surface area contributed by atoms with Gasteiger partial charge in [-0.05, 0) is 28.2 Å². The standard InChI is InChI=1S/C65H56N4O.Pt/c1-64(2,3)48-33-34-66-61(39-48)69-57-32-29-46(43-19-10-7-11-20-43)36-56(57)53-31-30-52(41-60(53)69)70-51-26-18-25-50(40-51)67-42-68(59-28-17-16-27-58(59)67)63-55(44-21-12-8-13-22-44)37-47-35-49(65(4,5)6)38-54(47)62(63)45-23-14-9-15-24-45;/h7-34,36-37,39-41,49H,35,38H2,1-6H3;/i7D,10D,11D,19D,20D;. The molecule has 0 saturated heterocycles. The number of imidazole rings is 1. The minimum Gasteiger partial charge on any atom is -0.0617 e. The number of fused-ring (bicyclic) bond motifs is 5. The maximum atomic E-state index is 8.78. The van der Waals surface area contributed by atoms with Crippen molar-refractivity contribution in [1.29, 1.82) is 0 Å². The third-order valence-electron chi connectivity index (χ3n) is 14.4. The van der Waals surface area contributed by atoms with Crippen LogP contribution in [0, 0.1) is 15.1 Å². The molecule has 1 aliphatic rings. The maximum absolute atomic E-state index is 8.78. The molecule has 0 saturated carbocycles. The van der Waals surface area contributed by atoms with E-state index in [9.17, 15) is 0 Å². The average molecular weight is 1110 g/mol. The number of ether oxygens (including phenoxy) is 1. The molecule has 6 heteroatoms. The summed E-state index contributed by atoms with van der Waals surface area (Å²) in [6, 6.07) is 55.5. The van der Waals surface area contributed by atoms with Crippen LogP contribution in [-0.4, -0.2) is 18.7 Å². The van der Waals surface area contributed by atoms with Crippen LogP contribution < -0.4 is 4.74 Å². The molecule has 0 aliphatic heterocycles. The Bertz CT molecular complexity index is 4170. The van der Waals surface area contributed by atoms with Crippen molar-refractivity contribution in [3.63, 3.8) is 0 Å². The van der Waals surface area contributed by atoms with E-state index >= 15 is 0 Å². The molecule has 8 aromatic carbocycles. The van der Waals surface area contributed by atoms with Gasteiger partial charge in [0, 0.05) is 6.20 Å². The Labute approximate surface area is 434 Å². The van der Waals surface area contributed by atoms with E-state index in [0.29, 0.717) is 23.0 Å². The summed E-state index contributed by atoms with van der Waals surface area (Å²) in [6.07, 6.45) is 3.89. The van der Waals surface area contributed by atoms with E-state index < -0.39 is 6.04 Å². The molecule has 71 heavy (non-hydrogen) atoms. The zero-order valence-electron chi connectivity index (χ0n) is 45.7. The first-order chi connectivity index (χ1) is 36.5. The van der Waals surface area contributed by atoms with Crippen LogP contribution in [0.1, 0.15) is 65.1 Å². The second-order valence-corrected chi connectivity index (χ2v) is 21.9. The minimum absolute atomic E-state index is 0.142. The monoisotopic (exact) mass is 1110 g/mol. The van der Waals surface area contributed by atoms with Crippen LogP contribution in [0.3, 0.4) is 0 Å². The van der Waals surface area contributed by atoms with E-state index in [4.69, 9.17) is 16.6 Å². The molecular weight excluding hydrogens is 1050 g/mol. The molecule has 11 aromatic rings. The van der Waals surface area contributed by atoms with Crippen LogP contribution in [0.15, 0.2) is 200 Å².